The van der Waals surface area contributed by atoms with Crippen LogP contribution in [0.5, 0.6) is 0 Å². The number of alkyl halides is 2. The number of pyridine rings is 1. The molecule has 0 unspecified atom stereocenters. The van der Waals surface area contributed by atoms with Crippen molar-refractivity contribution in [2.75, 3.05) is 0 Å². The average molecular weight is 215 g/mol. The van der Waals surface area contributed by atoms with Crippen molar-refractivity contribution in [2.45, 2.75) is 19.4 Å². The summed E-state index contributed by atoms with van der Waals surface area (Å²) in [4.78, 5) is 3.31. The minimum Gasteiger partial charge on any atom is -0.326 e. The fourth-order valence-electron chi connectivity index (χ4n) is 1.14. The molecule has 1 aromatic rings. The van der Waals surface area contributed by atoms with Crippen LogP contribution in [-0.4, -0.2) is 4.98 Å². The molecule has 0 saturated heterocycles. The Morgan fingerprint density at radius 2 is 2.20 bits per heavy atom. The van der Waals surface area contributed by atoms with E-state index in [4.69, 9.17) is 11.0 Å². The molecule has 15 heavy (non-hydrogen) atoms. The van der Waals surface area contributed by atoms with Crippen molar-refractivity contribution < 1.29 is 13.2 Å². The normalized spacial score (nSPS) is 10.4. The van der Waals surface area contributed by atoms with Crippen LogP contribution in [0.2, 0.25) is 0 Å². The van der Waals surface area contributed by atoms with Crippen molar-refractivity contribution in [3.8, 4) is 6.07 Å². The number of aromatic nitrogens is 1. The second-order valence-electron chi connectivity index (χ2n) is 2.81. The number of rotatable bonds is 3. The van der Waals surface area contributed by atoms with E-state index >= 15 is 0 Å². The molecule has 0 amide bonds. The van der Waals surface area contributed by atoms with Gasteiger partial charge in [0, 0.05) is 6.54 Å². The topological polar surface area (TPSA) is 62.7 Å². The van der Waals surface area contributed by atoms with Crippen LogP contribution in [-0.2, 0) is 13.0 Å². The third kappa shape index (κ3) is 2.44. The van der Waals surface area contributed by atoms with Crippen LogP contribution in [0.4, 0.5) is 13.2 Å². The molecule has 0 aliphatic carbocycles. The summed E-state index contributed by atoms with van der Waals surface area (Å²) in [6.45, 7) is -0.0516. The largest absolute Gasteiger partial charge is 0.326 e. The van der Waals surface area contributed by atoms with Gasteiger partial charge in [-0.15, -0.1) is 0 Å². The van der Waals surface area contributed by atoms with Crippen molar-refractivity contribution in [3.05, 3.63) is 28.8 Å². The zero-order chi connectivity index (χ0) is 11.4. The highest BCUT2D eigenvalue weighted by molar-refractivity contribution is 5.28. The molecule has 0 bridgehead atoms. The van der Waals surface area contributed by atoms with Gasteiger partial charge < -0.3 is 5.73 Å². The van der Waals surface area contributed by atoms with Gasteiger partial charge in [-0.1, -0.05) is 0 Å². The quantitative estimate of drug-likeness (QED) is 0.780. The standard InChI is InChI=1S/C9H8F3N3/c10-8(11)6-3-5(4-14)7(1-2-13)15-9(6)12/h3,8H,1,4,14H2. The fourth-order valence-corrected chi connectivity index (χ4v) is 1.14. The predicted octanol–water partition coefficient (Wildman–Crippen LogP) is 1.68. The van der Waals surface area contributed by atoms with Gasteiger partial charge in [0.15, 0.2) is 0 Å². The molecule has 3 nitrogen and oxygen atoms in total. The highest BCUT2D eigenvalue weighted by Crippen LogP contribution is 2.23. The van der Waals surface area contributed by atoms with Gasteiger partial charge >= 0.3 is 0 Å². The smallest absolute Gasteiger partial charge is 0.268 e. The Bertz CT molecular complexity index is 398. The number of nitrogens with two attached hydrogens (primary N) is 1. The highest BCUT2D eigenvalue weighted by Gasteiger charge is 2.17. The van der Waals surface area contributed by atoms with Gasteiger partial charge in [-0.05, 0) is 11.6 Å². The van der Waals surface area contributed by atoms with E-state index in [-0.39, 0.29) is 24.2 Å². The Morgan fingerprint density at radius 1 is 1.53 bits per heavy atom. The monoisotopic (exact) mass is 215 g/mol. The van der Waals surface area contributed by atoms with E-state index in [1.165, 1.54) is 0 Å². The van der Waals surface area contributed by atoms with E-state index in [9.17, 15) is 13.2 Å². The molecule has 0 atom stereocenters. The van der Waals surface area contributed by atoms with Crippen molar-refractivity contribution in [3.63, 3.8) is 0 Å². The Labute approximate surface area is 84.3 Å². The molecule has 1 aromatic heterocycles. The van der Waals surface area contributed by atoms with E-state index in [2.05, 4.69) is 4.98 Å². The lowest BCUT2D eigenvalue weighted by Crippen LogP contribution is -2.08. The van der Waals surface area contributed by atoms with Gasteiger partial charge in [0.25, 0.3) is 6.43 Å². The number of hydrogen-bond donors (Lipinski definition) is 1. The first-order valence-electron chi connectivity index (χ1n) is 4.13. The lowest BCUT2D eigenvalue weighted by Gasteiger charge is -2.07. The van der Waals surface area contributed by atoms with Crippen molar-refractivity contribution in [1.29, 1.82) is 5.26 Å². The zero-order valence-electron chi connectivity index (χ0n) is 7.67. The Morgan fingerprint density at radius 3 is 2.67 bits per heavy atom. The molecule has 0 aliphatic heterocycles. The molecular weight excluding hydrogens is 207 g/mol. The number of nitriles is 1. The van der Waals surface area contributed by atoms with Crippen LogP contribution >= 0.6 is 0 Å². The van der Waals surface area contributed by atoms with Gasteiger partial charge in [-0.25, -0.2) is 13.8 Å². The van der Waals surface area contributed by atoms with E-state index in [1.807, 2.05) is 0 Å². The summed E-state index contributed by atoms with van der Waals surface area (Å²) in [5, 5.41) is 8.41. The number of nitrogens with zero attached hydrogens (tertiary/aromatic N) is 2. The van der Waals surface area contributed by atoms with Gasteiger partial charge in [-0.2, -0.15) is 9.65 Å². The third-order valence-corrected chi connectivity index (χ3v) is 1.87. The Hall–Kier alpha value is -1.61. The number of hydrogen-bond acceptors (Lipinski definition) is 3. The summed E-state index contributed by atoms with van der Waals surface area (Å²) < 4.78 is 37.6. The minimum atomic E-state index is -2.93. The zero-order valence-corrected chi connectivity index (χ0v) is 7.67. The molecule has 0 fully saturated rings. The van der Waals surface area contributed by atoms with Crippen LogP contribution in [0.3, 0.4) is 0 Å². The molecule has 0 spiro atoms. The van der Waals surface area contributed by atoms with Crippen LogP contribution in [0, 0.1) is 17.3 Å². The van der Waals surface area contributed by atoms with Crippen molar-refractivity contribution in [1.82, 2.24) is 4.98 Å². The second kappa shape index (κ2) is 4.75. The first kappa shape index (κ1) is 11.5. The third-order valence-electron chi connectivity index (χ3n) is 1.87. The summed E-state index contributed by atoms with van der Waals surface area (Å²) in [5.41, 5.74) is 4.89. The second-order valence-corrected chi connectivity index (χ2v) is 2.81. The molecule has 80 valence electrons. The Balaban J connectivity index is 3.24. The maximum atomic E-state index is 13.0. The molecule has 0 saturated carbocycles. The molecule has 1 heterocycles. The van der Waals surface area contributed by atoms with Crippen molar-refractivity contribution in [2.24, 2.45) is 5.73 Å². The number of halogens is 3. The molecular formula is C9H8F3N3. The maximum absolute atomic E-state index is 13.0. The van der Waals surface area contributed by atoms with E-state index in [0.29, 0.717) is 0 Å². The molecule has 6 heteroatoms. The van der Waals surface area contributed by atoms with E-state index in [0.717, 1.165) is 6.07 Å². The predicted molar refractivity (Wildman–Crippen MR) is 46.4 cm³/mol. The van der Waals surface area contributed by atoms with Crippen molar-refractivity contribution >= 4 is 0 Å². The van der Waals surface area contributed by atoms with Crippen LogP contribution in [0.1, 0.15) is 23.2 Å². The van der Waals surface area contributed by atoms with Gasteiger partial charge in [0.1, 0.15) is 0 Å². The van der Waals surface area contributed by atoms with Gasteiger partial charge in [0.2, 0.25) is 5.95 Å². The van der Waals surface area contributed by atoms with E-state index < -0.39 is 17.9 Å². The summed E-state index contributed by atoms with van der Waals surface area (Å²) in [6.07, 6.45) is -3.08. The molecule has 0 radical (unpaired) electrons. The summed E-state index contributed by atoms with van der Waals surface area (Å²) in [6, 6.07) is 2.72. The van der Waals surface area contributed by atoms with Gasteiger partial charge in [0.05, 0.1) is 23.7 Å². The summed E-state index contributed by atoms with van der Waals surface area (Å²) in [7, 11) is 0. The summed E-state index contributed by atoms with van der Waals surface area (Å²) >= 11 is 0. The minimum absolute atomic E-state index is 0.0516. The van der Waals surface area contributed by atoms with Gasteiger partial charge in [-0.3, -0.25) is 0 Å². The first-order valence-corrected chi connectivity index (χ1v) is 4.13. The van der Waals surface area contributed by atoms with Crippen LogP contribution in [0.25, 0.3) is 0 Å². The molecule has 0 aliphatic rings. The molecule has 1 rings (SSSR count). The van der Waals surface area contributed by atoms with Crippen LogP contribution in [0.15, 0.2) is 6.07 Å². The molecule has 0 aromatic carbocycles. The first-order chi connectivity index (χ1) is 7.10. The highest BCUT2D eigenvalue weighted by atomic mass is 19.3. The molecule has 2 N–H and O–H groups in total. The lowest BCUT2D eigenvalue weighted by atomic mass is 10.1. The van der Waals surface area contributed by atoms with Crippen LogP contribution < -0.4 is 5.73 Å². The summed E-state index contributed by atoms with van der Waals surface area (Å²) in [5.74, 6) is -1.24. The Kier molecular flexibility index (Phi) is 3.63. The lowest BCUT2D eigenvalue weighted by molar-refractivity contribution is 0.145. The average Bonchev–Trinajstić information content (AvgIpc) is 2.18. The fraction of sp³-hybridized carbons (Fsp3) is 0.333. The van der Waals surface area contributed by atoms with E-state index in [1.54, 1.807) is 6.07 Å². The SMILES string of the molecule is N#CCc1nc(F)c(C(F)F)cc1CN. The maximum Gasteiger partial charge on any atom is 0.268 e.